The Kier molecular flexibility index (Phi) is 5.07. The quantitative estimate of drug-likeness (QED) is 0.800. The minimum atomic E-state index is -3.68. The number of hydrogen-bond acceptors (Lipinski definition) is 5. The molecule has 1 aromatic heterocycles. The Morgan fingerprint density at radius 2 is 2.29 bits per heavy atom. The van der Waals surface area contributed by atoms with Gasteiger partial charge in [-0.05, 0) is 28.1 Å². The molecule has 0 aromatic carbocycles. The minimum absolute atomic E-state index is 0.115. The van der Waals surface area contributed by atoms with Crippen molar-refractivity contribution < 1.29 is 23.1 Å². The highest BCUT2D eigenvalue weighted by Gasteiger charge is 2.22. The van der Waals surface area contributed by atoms with Gasteiger partial charge in [-0.2, -0.15) is 0 Å². The molecule has 0 aliphatic rings. The van der Waals surface area contributed by atoms with Crippen molar-refractivity contribution in [2.24, 2.45) is 0 Å². The number of hydrogen-bond donors (Lipinski definition) is 2. The van der Waals surface area contributed by atoms with E-state index in [2.05, 4.69) is 25.4 Å². The lowest BCUT2D eigenvalue weighted by Gasteiger charge is -2.10. The molecule has 0 aliphatic heterocycles. The molecule has 0 saturated carbocycles. The van der Waals surface area contributed by atoms with Crippen LogP contribution in [0.3, 0.4) is 0 Å². The molecule has 1 heterocycles. The van der Waals surface area contributed by atoms with Gasteiger partial charge in [0.05, 0.1) is 3.79 Å². The number of rotatable bonds is 6. The summed E-state index contributed by atoms with van der Waals surface area (Å²) in [7, 11) is -2.48. The standard InChI is InChI=1S/C8H10BrNO5S2/c1-15-5(8(11)12)4-10-17(13,14)7-3-2-6(9)16-7/h2-3,5,10H,4H2,1H3,(H,11,12). The van der Waals surface area contributed by atoms with Gasteiger partial charge in [0.1, 0.15) is 4.21 Å². The Labute approximate surface area is 111 Å². The molecular formula is C8H10BrNO5S2. The molecule has 1 unspecified atom stereocenters. The summed E-state index contributed by atoms with van der Waals surface area (Å²) >= 11 is 4.19. The van der Waals surface area contributed by atoms with E-state index < -0.39 is 22.1 Å². The number of nitrogens with one attached hydrogen (secondary N) is 1. The Morgan fingerprint density at radius 3 is 2.71 bits per heavy atom. The third-order valence-electron chi connectivity index (χ3n) is 1.83. The number of carboxylic acids is 1. The second-order valence-electron chi connectivity index (χ2n) is 2.97. The van der Waals surface area contributed by atoms with Crippen LogP contribution < -0.4 is 4.72 Å². The lowest BCUT2D eigenvalue weighted by molar-refractivity contribution is -0.147. The van der Waals surface area contributed by atoms with Crippen LogP contribution in [0.4, 0.5) is 0 Å². The smallest absolute Gasteiger partial charge is 0.334 e. The number of ether oxygens (including phenoxy) is 1. The molecule has 2 N–H and O–H groups in total. The largest absolute Gasteiger partial charge is 0.479 e. The van der Waals surface area contributed by atoms with E-state index in [1.54, 1.807) is 6.07 Å². The highest BCUT2D eigenvalue weighted by molar-refractivity contribution is 9.11. The third kappa shape index (κ3) is 4.03. The van der Waals surface area contributed by atoms with Crippen molar-refractivity contribution in [3.63, 3.8) is 0 Å². The van der Waals surface area contributed by atoms with Crippen molar-refractivity contribution in [1.82, 2.24) is 4.72 Å². The van der Waals surface area contributed by atoms with Gasteiger partial charge in [0.2, 0.25) is 10.0 Å². The number of thiophene rings is 1. The van der Waals surface area contributed by atoms with Gasteiger partial charge in [-0.1, -0.05) is 0 Å². The van der Waals surface area contributed by atoms with Crippen LogP contribution in [0.5, 0.6) is 0 Å². The van der Waals surface area contributed by atoms with Crippen LogP contribution in [0.2, 0.25) is 0 Å². The molecular weight excluding hydrogens is 334 g/mol. The van der Waals surface area contributed by atoms with Crippen LogP contribution in [-0.2, 0) is 19.6 Å². The zero-order chi connectivity index (χ0) is 13.1. The molecule has 0 saturated heterocycles. The SMILES string of the molecule is COC(CNS(=O)(=O)c1ccc(Br)s1)C(=O)O. The fourth-order valence-electron chi connectivity index (χ4n) is 0.970. The molecule has 0 radical (unpaired) electrons. The normalized spacial score (nSPS) is 13.5. The lowest BCUT2D eigenvalue weighted by Crippen LogP contribution is -2.37. The molecule has 1 rings (SSSR count). The highest BCUT2D eigenvalue weighted by atomic mass is 79.9. The molecule has 9 heteroatoms. The number of methoxy groups -OCH3 is 1. The number of aliphatic carboxylic acids is 1. The van der Waals surface area contributed by atoms with Gasteiger partial charge in [0, 0.05) is 13.7 Å². The van der Waals surface area contributed by atoms with Gasteiger partial charge in [-0.3, -0.25) is 0 Å². The second kappa shape index (κ2) is 5.91. The van der Waals surface area contributed by atoms with Crippen LogP contribution in [0.15, 0.2) is 20.1 Å². The van der Waals surface area contributed by atoms with E-state index in [9.17, 15) is 13.2 Å². The number of carbonyl (C=O) groups is 1. The highest BCUT2D eigenvalue weighted by Crippen LogP contribution is 2.25. The van der Waals surface area contributed by atoms with E-state index in [1.165, 1.54) is 13.2 Å². The second-order valence-corrected chi connectivity index (χ2v) is 7.43. The summed E-state index contributed by atoms with van der Waals surface area (Å²) in [6.07, 6.45) is -1.20. The average molecular weight is 344 g/mol. The molecule has 0 aliphatic carbocycles. The van der Waals surface area contributed by atoms with Crippen LogP contribution >= 0.6 is 27.3 Å². The zero-order valence-electron chi connectivity index (χ0n) is 8.71. The summed E-state index contributed by atoms with van der Waals surface area (Å²) in [5.41, 5.74) is 0. The summed E-state index contributed by atoms with van der Waals surface area (Å²) in [6, 6.07) is 3.03. The van der Waals surface area contributed by atoms with Gasteiger partial charge in [0.25, 0.3) is 0 Å². The Balaban J connectivity index is 2.71. The minimum Gasteiger partial charge on any atom is -0.479 e. The van der Waals surface area contributed by atoms with Crippen molar-refractivity contribution in [2.45, 2.75) is 10.3 Å². The molecule has 0 bridgehead atoms. The van der Waals surface area contributed by atoms with E-state index in [1.807, 2.05) is 0 Å². The zero-order valence-corrected chi connectivity index (χ0v) is 11.9. The first-order valence-electron chi connectivity index (χ1n) is 4.37. The van der Waals surface area contributed by atoms with Crippen molar-refractivity contribution >= 4 is 43.3 Å². The van der Waals surface area contributed by atoms with Gasteiger partial charge < -0.3 is 9.84 Å². The molecule has 0 fully saturated rings. The van der Waals surface area contributed by atoms with Crippen LogP contribution in [-0.4, -0.2) is 39.3 Å². The maximum absolute atomic E-state index is 11.7. The summed E-state index contributed by atoms with van der Waals surface area (Å²) in [5.74, 6) is -1.22. The maximum atomic E-state index is 11.7. The van der Waals surface area contributed by atoms with E-state index >= 15 is 0 Å². The fraction of sp³-hybridized carbons (Fsp3) is 0.375. The average Bonchev–Trinajstić information content (AvgIpc) is 2.66. The number of halogens is 1. The lowest BCUT2D eigenvalue weighted by atomic mass is 10.4. The van der Waals surface area contributed by atoms with Crippen molar-refractivity contribution in [3.8, 4) is 0 Å². The Morgan fingerprint density at radius 1 is 1.65 bits per heavy atom. The van der Waals surface area contributed by atoms with Crippen LogP contribution in [0.1, 0.15) is 0 Å². The topological polar surface area (TPSA) is 92.7 Å². The van der Waals surface area contributed by atoms with Gasteiger partial charge >= 0.3 is 5.97 Å². The van der Waals surface area contributed by atoms with E-state index in [0.29, 0.717) is 3.79 Å². The summed E-state index contributed by atoms with van der Waals surface area (Å²) in [5, 5.41) is 8.68. The van der Waals surface area contributed by atoms with Crippen LogP contribution in [0.25, 0.3) is 0 Å². The Hall–Kier alpha value is -0.480. The molecule has 96 valence electrons. The molecule has 1 aromatic rings. The fourth-order valence-corrected chi connectivity index (χ4v) is 4.06. The van der Waals surface area contributed by atoms with Crippen LogP contribution in [0, 0.1) is 0 Å². The summed E-state index contributed by atoms with van der Waals surface area (Å²) in [4.78, 5) is 10.6. The van der Waals surface area contributed by atoms with E-state index in [4.69, 9.17) is 5.11 Å². The predicted octanol–water partition coefficient (Wildman–Crippen LogP) is 0.889. The predicted molar refractivity (Wildman–Crippen MR) is 65.6 cm³/mol. The van der Waals surface area contributed by atoms with Gasteiger partial charge in [-0.15, -0.1) is 11.3 Å². The Bertz CT molecular complexity index is 498. The van der Waals surface area contributed by atoms with Gasteiger partial charge in [0.15, 0.2) is 6.10 Å². The molecule has 0 amide bonds. The van der Waals surface area contributed by atoms with Crippen molar-refractivity contribution in [3.05, 3.63) is 15.9 Å². The third-order valence-corrected chi connectivity index (χ3v) is 5.37. The monoisotopic (exact) mass is 343 g/mol. The molecule has 17 heavy (non-hydrogen) atoms. The van der Waals surface area contributed by atoms with Crippen molar-refractivity contribution in [2.75, 3.05) is 13.7 Å². The first-order chi connectivity index (χ1) is 7.86. The summed E-state index contributed by atoms with van der Waals surface area (Å²) in [6.45, 7) is -0.316. The first kappa shape index (κ1) is 14.6. The van der Waals surface area contributed by atoms with Crippen molar-refractivity contribution in [1.29, 1.82) is 0 Å². The number of sulfonamides is 1. The van der Waals surface area contributed by atoms with E-state index in [0.717, 1.165) is 11.3 Å². The maximum Gasteiger partial charge on any atom is 0.334 e. The number of carboxylic acid groups (broad SMARTS) is 1. The van der Waals surface area contributed by atoms with E-state index in [-0.39, 0.29) is 10.8 Å². The summed E-state index contributed by atoms with van der Waals surface area (Å²) < 4.78 is 31.0. The molecule has 1 atom stereocenters. The first-order valence-corrected chi connectivity index (χ1v) is 7.46. The molecule has 0 spiro atoms. The molecule has 6 nitrogen and oxygen atoms in total. The van der Waals surface area contributed by atoms with Gasteiger partial charge in [-0.25, -0.2) is 17.9 Å².